The molecule has 21 heavy (non-hydrogen) atoms. The van der Waals surface area contributed by atoms with Gasteiger partial charge in [0.15, 0.2) is 9.84 Å². The van der Waals surface area contributed by atoms with E-state index in [0.717, 1.165) is 10.4 Å². The van der Waals surface area contributed by atoms with Crippen LogP contribution in [-0.4, -0.2) is 45.7 Å². The number of nitrogens with two attached hydrogens (primary N) is 1. The molecule has 0 aliphatic carbocycles. The van der Waals surface area contributed by atoms with Crippen molar-refractivity contribution in [2.75, 3.05) is 24.3 Å². The first-order chi connectivity index (χ1) is 9.54. The van der Waals surface area contributed by atoms with Gasteiger partial charge in [-0.2, -0.15) is 4.31 Å². The Bertz CT molecular complexity index is 751. The lowest BCUT2D eigenvalue weighted by atomic mass is 10.2. The fourth-order valence-electron chi connectivity index (χ4n) is 2.34. The van der Waals surface area contributed by atoms with Gasteiger partial charge in [0.05, 0.1) is 22.1 Å². The summed E-state index contributed by atoms with van der Waals surface area (Å²) in [6.45, 7) is 1.42. The van der Waals surface area contributed by atoms with E-state index < -0.39 is 31.7 Å². The van der Waals surface area contributed by atoms with Gasteiger partial charge in [-0.15, -0.1) is 0 Å². The van der Waals surface area contributed by atoms with Crippen LogP contribution in [0.5, 0.6) is 0 Å². The fraction of sp³-hybridized carbons (Fsp3) is 0.500. The molecule has 1 aromatic rings. The van der Waals surface area contributed by atoms with Gasteiger partial charge in [0.25, 0.3) is 0 Å². The number of rotatable bonds is 3. The molecule has 1 unspecified atom stereocenters. The van der Waals surface area contributed by atoms with Crippen molar-refractivity contribution >= 4 is 25.5 Å². The predicted octanol–water partition coefficient (Wildman–Crippen LogP) is 0.524. The van der Waals surface area contributed by atoms with Crippen LogP contribution in [0.15, 0.2) is 17.0 Å². The highest BCUT2D eigenvalue weighted by atomic mass is 32.2. The molecule has 1 aliphatic heterocycles. The van der Waals surface area contributed by atoms with Gasteiger partial charge in [-0.3, -0.25) is 0 Å². The summed E-state index contributed by atoms with van der Waals surface area (Å²) in [5, 5.41) is 0. The Morgan fingerprint density at radius 3 is 2.48 bits per heavy atom. The van der Waals surface area contributed by atoms with Crippen molar-refractivity contribution in [2.24, 2.45) is 0 Å². The second kappa shape index (κ2) is 5.22. The summed E-state index contributed by atoms with van der Waals surface area (Å²) >= 11 is 0. The van der Waals surface area contributed by atoms with Gasteiger partial charge in [-0.05, 0) is 31.0 Å². The lowest BCUT2D eigenvalue weighted by molar-refractivity contribution is 0.394. The maximum atomic E-state index is 13.5. The highest BCUT2D eigenvalue weighted by molar-refractivity contribution is 7.92. The normalized spacial score (nSPS) is 21.8. The van der Waals surface area contributed by atoms with Gasteiger partial charge < -0.3 is 5.73 Å². The first-order valence-corrected chi connectivity index (χ1v) is 9.55. The number of sulfone groups is 1. The summed E-state index contributed by atoms with van der Waals surface area (Å²) in [4.78, 5) is -0.134. The van der Waals surface area contributed by atoms with Crippen LogP contribution in [0.2, 0.25) is 0 Å². The van der Waals surface area contributed by atoms with Crippen molar-refractivity contribution in [1.29, 1.82) is 0 Å². The predicted molar refractivity (Wildman–Crippen MR) is 77.6 cm³/mol. The molecular formula is C12H17FN2O4S2. The van der Waals surface area contributed by atoms with Crippen molar-refractivity contribution in [1.82, 2.24) is 4.31 Å². The Morgan fingerprint density at radius 2 is 2.00 bits per heavy atom. The summed E-state index contributed by atoms with van der Waals surface area (Å²) in [6.07, 6.45) is 0.258. The monoisotopic (exact) mass is 336 g/mol. The van der Waals surface area contributed by atoms with Gasteiger partial charge in [-0.25, -0.2) is 21.2 Å². The van der Waals surface area contributed by atoms with Gasteiger partial charge in [0.1, 0.15) is 5.82 Å². The molecule has 0 bridgehead atoms. The number of sulfonamides is 1. The van der Waals surface area contributed by atoms with Gasteiger partial charge in [-0.1, -0.05) is 0 Å². The topological polar surface area (TPSA) is 97.5 Å². The minimum atomic E-state index is -3.91. The van der Waals surface area contributed by atoms with E-state index in [1.165, 1.54) is 20.0 Å². The number of aryl methyl sites for hydroxylation is 1. The van der Waals surface area contributed by atoms with Crippen molar-refractivity contribution in [3.8, 4) is 0 Å². The minimum Gasteiger partial charge on any atom is -0.396 e. The zero-order valence-corrected chi connectivity index (χ0v) is 13.3. The number of hydrogen-bond donors (Lipinski definition) is 1. The molecule has 0 amide bonds. The highest BCUT2D eigenvalue weighted by Gasteiger charge is 2.36. The van der Waals surface area contributed by atoms with E-state index >= 15 is 0 Å². The van der Waals surface area contributed by atoms with Crippen LogP contribution in [0.4, 0.5) is 10.1 Å². The summed E-state index contributed by atoms with van der Waals surface area (Å²) in [5.74, 6) is -0.874. The molecule has 1 saturated heterocycles. The zero-order valence-electron chi connectivity index (χ0n) is 11.7. The average molecular weight is 336 g/mol. The standard InChI is InChI=1S/C12H17FN2O4S2/c1-8-5-10(6-11(14)12(8)13)21(18,19)15(2)9-3-4-20(16,17)7-9/h5-6,9H,3-4,7,14H2,1-2H3. The third-order valence-electron chi connectivity index (χ3n) is 3.66. The van der Waals surface area contributed by atoms with Crippen LogP contribution < -0.4 is 5.73 Å². The van der Waals surface area contributed by atoms with E-state index in [-0.39, 0.29) is 34.1 Å². The van der Waals surface area contributed by atoms with Crippen LogP contribution in [0, 0.1) is 12.7 Å². The highest BCUT2D eigenvalue weighted by Crippen LogP contribution is 2.26. The van der Waals surface area contributed by atoms with E-state index in [2.05, 4.69) is 0 Å². The fourth-order valence-corrected chi connectivity index (χ4v) is 5.71. The van der Waals surface area contributed by atoms with Gasteiger partial charge in [0.2, 0.25) is 10.0 Å². The number of nitrogens with zero attached hydrogens (tertiary/aromatic N) is 1. The molecule has 0 spiro atoms. The van der Waals surface area contributed by atoms with Crippen molar-refractivity contribution in [3.05, 3.63) is 23.5 Å². The number of nitrogen functional groups attached to an aromatic ring is 1. The molecule has 2 N–H and O–H groups in total. The molecule has 1 aliphatic rings. The largest absolute Gasteiger partial charge is 0.396 e. The van der Waals surface area contributed by atoms with E-state index in [1.54, 1.807) is 0 Å². The summed E-state index contributed by atoms with van der Waals surface area (Å²) < 4.78 is 62.5. The average Bonchev–Trinajstić information content (AvgIpc) is 2.74. The van der Waals surface area contributed by atoms with Crippen LogP contribution >= 0.6 is 0 Å². The molecular weight excluding hydrogens is 319 g/mol. The summed E-state index contributed by atoms with van der Waals surface area (Å²) in [7, 11) is -5.78. The third kappa shape index (κ3) is 3.04. The third-order valence-corrected chi connectivity index (χ3v) is 7.29. The Balaban J connectivity index is 2.38. The summed E-state index contributed by atoms with van der Waals surface area (Å²) in [6, 6.07) is 1.64. The van der Waals surface area contributed by atoms with Crippen LogP contribution in [0.1, 0.15) is 12.0 Å². The molecule has 118 valence electrons. The molecule has 0 saturated carbocycles. The molecule has 1 heterocycles. The summed E-state index contributed by atoms with van der Waals surface area (Å²) in [5.41, 5.74) is 5.34. The Morgan fingerprint density at radius 1 is 1.38 bits per heavy atom. The lowest BCUT2D eigenvalue weighted by Gasteiger charge is -2.23. The molecule has 0 radical (unpaired) electrons. The minimum absolute atomic E-state index is 0.0257. The molecule has 1 aromatic carbocycles. The first-order valence-electron chi connectivity index (χ1n) is 6.28. The number of benzene rings is 1. The van der Waals surface area contributed by atoms with E-state index in [4.69, 9.17) is 5.73 Å². The zero-order chi connectivity index (χ0) is 16.0. The molecule has 0 aromatic heterocycles. The SMILES string of the molecule is Cc1cc(S(=O)(=O)N(C)C2CCS(=O)(=O)C2)cc(N)c1F. The van der Waals surface area contributed by atoms with Crippen molar-refractivity contribution < 1.29 is 21.2 Å². The molecule has 1 fully saturated rings. The van der Waals surface area contributed by atoms with Gasteiger partial charge in [0, 0.05) is 13.1 Å². The maximum Gasteiger partial charge on any atom is 0.243 e. The number of anilines is 1. The second-order valence-electron chi connectivity index (χ2n) is 5.22. The molecule has 6 nitrogen and oxygen atoms in total. The first kappa shape index (κ1) is 16.2. The smallest absolute Gasteiger partial charge is 0.243 e. The molecule has 1 atom stereocenters. The Kier molecular flexibility index (Phi) is 4.02. The maximum absolute atomic E-state index is 13.5. The van der Waals surface area contributed by atoms with Crippen molar-refractivity contribution in [2.45, 2.75) is 24.3 Å². The van der Waals surface area contributed by atoms with E-state index in [9.17, 15) is 21.2 Å². The quantitative estimate of drug-likeness (QED) is 0.812. The molecule has 2 rings (SSSR count). The molecule has 9 heteroatoms. The van der Waals surface area contributed by atoms with Crippen LogP contribution in [0.3, 0.4) is 0 Å². The van der Waals surface area contributed by atoms with Crippen molar-refractivity contribution in [3.63, 3.8) is 0 Å². The van der Waals surface area contributed by atoms with E-state index in [1.807, 2.05) is 0 Å². The number of hydrogen-bond acceptors (Lipinski definition) is 5. The second-order valence-corrected chi connectivity index (χ2v) is 9.45. The lowest BCUT2D eigenvalue weighted by Crippen LogP contribution is -2.37. The Hall–Kier alpha value is -1.19. The van der Waals surface area contributed by atoms with Gasteiger partial charge >= 0.3 is 0 Å². The number of halogens is 1. The van der Waals surface area contributed by atoms with Crippen LogP contribution in [0.25, 0.3) is 0 Å². The van der Waals surface area contributed by atoms with E-state index in [0.29, 0.717) is 0 Å². The Labute approximate surface area is 123 Å². The van der Waals surface area contributed by atoms with Crippen LogP contribution in [-0.2, 0) is 19.9 Å².